The minimum atomic E-state index is -0.788. The zero-order valence-corrected chi connectivity index (χ0v) is 11.1. The second-order valence-electron chi connectivity index (χ2n) is 4.30. The SMILES string of the molecule is CC(O)c1ccc2nc(-c3ccccc3)sc2[n+]1[O-]. The van der Waals surface area contributed by atoms with Crippen LogP contribution >= 0.6 is 11.3 Å². The van der Waals surface area contributed by atoms with Gasteiger partial charge >= 0.3 is 4.83 Å². The van der Waals surface area contributed by atoms with Crippen molar-refractivity contribution >= 4 is 21.7 Å². The molecular weight excluding hydrogens is 260 g/mol. The number of aliphatic hydroxyl groups excluding tert-OH is 1. The molecule has 96 valence electrons. The van der Waals surface area contributed by atoms with E-state index in [2.05, 4.69) is 4.98 Å². The Hall–Kier alpha value is -1.98. The first-order valence-electron chi connectivity index (χ1n) is 5.93. The second-order valence-corrected chi connectivity index (χ2v) is 5.28. The van der Waals surface area contributed by atoms with E-state index in [1.54, 1.807) is 19.1 Å². The highest BCUT2D eigenvalue weighted by molar-refractivity contribution is 7.20. The van der Waals surface area contributed by atoms with Crippen molar-refractivity contribution in [1.82, 2.24) is 4.98 Å². The smallest absolute Gasteiger partial charge is 0.301 e. The van der Waals surface area contributed by atoms with E-state index in [4.69, 9.17) is 0 Å². The molecule has 1 unspecified atom stereocenters. The van der Waals surface area contributed by atoms with Crippen molar-refractivity contribution in [2.45, 2.75) is 13.0 Å². The molecule has 0 saturated carbocycles. The van der Waals surface area contributed by atoms with Crippen molar-refractivity contribution in [3.8, 4) is 10.6 Å². The van der Waals surface area contributed by atoms with Crippen LogP contribution in [0, 0.1) is 5.21 Å². The molecule has 5 heteroatoms. The predicted octanol–water partition coefficient (Wildman–Crippen LogP) is 2.65. The van der Waals surface area contributed by atoms with Crippen LogP contribution in [0.4, 0.5) is 0 Å². The summed E-state index contributed by atoms with van der Waals surface area (Å²) in [5.41, 5.74) is 1.99. The van der Waals surface area contributed by atoms with E-state index in [1.165, 1.54) is 11.3 Å². The average molecular weight is 272 g/mol. The van der Waals surface area contributed by atoms with Crippen LogP contribution in [0.15, 0.2) is 42.5 Å². The number of hydrogen-bond acceptors (Lipinski definition) is 4. The van der Waals surface area contributed by atoms with Crippen molar-refractivity contribution < 1.29 is 9.84 Å². The molecule has 0 bridgehead atoms. The average Bonchev–Trinajstić information content (AvgIpc) is 2.85. The van der Waals surface area contributed by atoms with Gasteiger partial charge in [-0.25, -0.2) is 4.98 Å². The predicted molar refractivity (Wildman–Crippen MR) is 74.6 cm³/mol. The molecule has 1 aromatic carbocycles. The van der Waals surface area contributed by atoms with Crippen LogP contribution in [0.1, 0.15) is 18.7 Å². The summed E-state index contributed by atoms with van der Waals surface area (Å²) in [6, 6.07) is 13.1. The van der Waals surface area contributed by atoms with Gasteiger partial charge in [0.05, 0.1) is 0 Å². The Bertz CT molecular complexity index is 723. The summed E-state index contributed by atoms with van der Waals surface area (Å²) in [5.74, 6) is 0. The van der Waals surface area contributed by atoms with Crippen LogP contribution in [0.25, 0.3) is 20.9 Å². The first-order chi connectivity index (χ1) is 9.16. The van der Waals surface area contributed by atoms with E-state index < -0.39 is 6.10 Å². The normalized spacial score (nSPS) is 12.7. The van der Waals surface area contributed by atoms with Gasteiger partial charge in [-0.15, -0.1) is 0 Å². The van der Waals surface area contributed by atoms with Gasteiger partial charge in [-0.3, -0.25) is 0 Å². The largest absolute Gasteiger partial charge is 0.617 e. The van der Waals surface area contributed by atoms with Crippen LogP contribution in [0.5, 0.6) is 0 Å². The van der Waals surface area contributed by atoms with E-state index in [9.17, 15) is 10.3 Å². The number of nitrogens with zero attached hydrogens (tertiary/aromatic N) is 2. The van der Waals surface area contributed by atoms with Crippen molar-refractivity contribution in [3.63, 3.8) is 0 Å². The first kappa shape index (κ1) is 12.1. The zero-order valence-electron chi connectivity index (χ0n) is 10.3. The van der Waals surface area contributed by atoms with Crippen molar-refractivity contribution in [3.05, 3.63) is 53.4 Å². The number of fused-ring (bicyclic) bond motifs is 1. The summed E-state index contributed by atoms with van der Waals surface area (Å²) in [6.45, 7) is 1.58. The van der Waals surface area contributed by atoms with Crippen molar-refractivity contribution in [2.75, 3.05) is 0 Å². The Balaban J connectivity index is 2.19. The van der Waals surface area contributed by atoms with Crippen molar-refractivity contribution in [1.29, 1.82) is 0 Å². The Kier molecular flexibility index (Phi) is 2.93. The van der Waals surface area contributed by atoms with E-state index in [-0.39, 0.29) is 0 Å². The fourth-order valence-corrected chi connectivity index (χ4v) is 2.93. The molecule has 0 saturated heterocycles. The van der Waals surface area contributed by atoms with Gasteiger partial charge in [-0.05, 0) is 24.3 Å². The summed E-state index contributed by atoms with van der Waals surface area (Å²) in [6.07, 6.45) is -0.788. The van der Waals surface area contributed by atoms with Crippen LogP contribution in [0.2, 0.25) is 0 Å². The molecule has 1 atom stereocenters. The lowest BCUT2D eigenvalue weighted by Crippen LogP contribution is -2.32. The maximum Gasteiger partial charge on any atom is 0.301 e. The summed E-state index contributed by atoms with van der Waals surface area (Å²) in [7, 11) is 0. The summed E-state index contributed by atoms with van der Waals surface area (Å²) < 4.78 is 0.768. The highest BCUT2D eigenvalue weighted by Gasteiger charge is 2.19. The van der Waals surface area contributed by atoms with Gasteiger partial charge < -0.3 is 10.3 Å². The summed E-state index contributed by atoms with van der Waals surface area (Å²) in [4.78, 5) is 4.99. The molecule has 0 fully saturated rings. The topological polar surface area (TPSA) is 60.1 Å². The number of aromatic nitrogens is 2. The van der Waals surface area contributed by atoms with E-state index >= 15 is 0 Å². The molecule has 0 radical (unpaired) electrons. The molecular formula is C14H12N2O2S. The Labute approximate surface area is 114 Å². The van der Waals surface area contributed by atoms with Gasteiger partial charge in [0.2, 0.25) is 5.69 Å². The van der Waals surface area contributed by atoms with Crippen LogP contribution in [0.3, 0.4) is 0 Å². The molecule has 0 aliphatic carbocycles. The van der Waals surface area contributed by atoms with Crippen LogP contribution < -0.4 is 4.73 Å². The fraction of sp³-hybridized carbons (Fsp3) is 0.143. The maximum absolute atomic E-state index is 12.1. The number of benzene rings is 1. The van der Waals surface area contributed by atoms with E-state index in [1.807, 2.05) is 30.3 Å². The Morgan fingerprint density at radius 2 is 1.95 bits per heavy atom. The Morgan fingerprint density at radius 1 is 1.21 bits per heavy atom. The second kappa shape index (κ2) is 4.60. The Morgan fingerprint density at radius 3 is 2.63 bits per heavy atom. The highest BCUT2D eigenvalue weighted by atomic mass is 32.1. The number of hydrogen-bond donors (Lipinski definition) is 1. The van der Waals surface area contributed by atoms with Gasteiger partial charge in [0.25, 0.3) is 0 Å². The molecule has 19 heavy (non-hydrogen) atoms. The zero-order chi connectivity index (χ0) is 13.4. The monoisotopic (exact) mass is 272 g/mol. The third-order valence-electron chi connectivity index (χ3n) is 2.91. The molecule has 0 aliphatic heterocycles. The number of pyridine rings is 1. The lowest BCUT2D eigenvalue weighted by atomic mass is 10.2. The molecule has 4 nitrogen and oxygen atoms in total. The summed E-state index contributed by atoms with van der Waals surface area (Å²) in [5, 5.41) is 22.5. The van der Waals surface area contributed by atoms with E-state index in [0.29, 0.717) is 16.0 Å². The minimum Gasteiger partial charge on any atom is -0.617 e. The lowest BCUT2D eigenvalue weighted by Gasteiger charge is -2.05. The van der Waals surface area contributed by atoms with Gasteiger partial charge in [-0.1, -0.05) is 30.3 Å². The molecule has 3 aromatic rings. The third-order valence-corrected chi connectivity index (χ3v) is 4.00. The molecule has 0 spiro atoms. The molecule has 3 rings (SSSR count). The van der Waals surface area contributed by atoms with E-state index in [0.717, 1.165) is 15.3 Å². The first-order valence-corrected chi connectivity index (χ1v) is 6.75. The van der Waals surface area contributed by atoms with Gasteiger partial charge in [-0.2, -0.15) is 4.73 Å². The van der Waals surface area contributed by atoms with Gasteiger partial charge in [0.15, 0.2) is 0 Å². The standard InChI is InChI=1S/C14H12N2O2S/c1-9(17)12-8-7-11-14(16(12)18)19-13(15-11)10-5-3-2-4-6-10/h2-9,17H,1H3. The van der Waals surface area contributed by atoms with Gasteiger partial charge in [0, 0.05) is 11.6 Å². The van der Waals surface area contributed by atoms with Gasteiger partial charge in [0.1, 0.15) is 16.6 Å². The molecule has 1 N–H and O–H groups in total. The number of rotatable bonds is 2. The summed E-state index contributed by atoms with van der Waals surface area (Å²) >= 11 is 1.34. The third kappa shape index (κ3) is 2.07. The maximum atomic E-state index is 12.1. The van der Waals surface area contributed by atoms with Crippen LogP contribution in [-0.2, 0) is 0 Å². The molecule has 0 amide bonds. The number of aliphatic hydroxyl groups is 1. The molecule has 2 heterocycles. The number of thiazole rings is 1. The quantitative estimate of drug-likeness (QED) is 0.576. The molecule has 0 aliphatic rings. The molecule has 2 aromatic heterocycles. The highest BCUT2D eigenvalue weighted by Crippen LogP contribution is 2.28. The lowest BCUT2D eigenvalue weighted by molar-refractivity contribution is -0.588. The van der Waals surface area contributed by atoms with Crippen molar-refractivity contribution in [2.24, 2.45) is 0 Å². The fourth-order valence-electron chi connectivity index (χ4n) is 1.94. The minimum absolute atomic E-state index is 0.343. The van der Waals surface area contributed by atoms with Crippen LogP contribution in [-0.4, -0.2) is 10.1 Å².